The molecule has 3 rings (SSSR count). The number of pyridine rings is 1. The Bertz CT molecular complexity index is 1120. The molecule has 8 nitrogen and oxygen atoms in total. The Morgan fingerprint density at radius 3 is 2.61 bits per heavy atom. The average molecular weight is 442 g/mol. The second-order valence-corrected chi connectivity index (χ2v) is 8.27. The van der Waals surface area contributed by atoms with Crippen LogP contribution in [0, 0.1) is 5.92 Å². The van der Waals surface area contributed by atoms with Crippen molar-refractivity contribution in [2.24, 2.45) is 5.92 Å². The van der Waals surface area contributed by atoms with Crippen LogP contribution in [0.15, 0.2) is 47.4 Å². The number of H-pyrrole nitrogens is 1. The lowest BCUT2D eigenvalue weighted by atomic mass is 10.1. The number of hydrogen-bond acceptors (Lipinski definition) is 7. The van der Waals surface area contributed by atoms with E-state index in [1.54, 1.807) is 0 Å². The van der Waals surface area contributed by atoms with Gasteiger partial charge in [-0.1, -0.05) is 44.2 Å². The van der Waals surface area contributed by atoms with Crippen molar-refractivity contribution in [1.29, 1.82) is 0 Å². The summed E-state index contributed by atoms with van der Waals surface area (Å²) >= 11 is 1.21. The van der Waals surface area contributed by atoms with Crippen LogP contribution in [0.3, 0.4) is 0 Å². The molecule has 0 aliphatic carbocycles. The molecule has 31 heavy (non-hydrogen) atoms. The first kappa shape index (κ1) is 22.2. The average Bonchev–Trinajstić information content (AvgIpc) is 3.14. The molecule has 1 aromatic carbocycles. The highest BCUT2D eigenvalue weighted by atomic mass is 32.1. The number of rotatable bonds is 8. The van der Waals surface area contributed by atoms with Gasteiger partial charge in [0, 0.05) is 17.1 Å². The van der Waals surface area contributed by atoms with Crippen molar-refractivity contribution in [3.8, 4) is 5.75 Å². The van der Waals surface area contributed by atoms with Gasteiger partial charge in [-0.2, -0.15) is 0 Å². The Kier molecular flexibility index (Phi) is 7.19. The molecule has 0 fully saturated rings. The molecule has 0 spiro atoms. The van der Waals surface area contributed by atoms with E-state index in [2.05, 4.69) is 15.3 Å². The Hall–Kier alpha value is -3.46. The van der Waals surface area contributed by atoms with E-state index in [4.69, 9.17) is 9.47 Å². The van der Waals surface area contributed by atoms with Crippen LogP contribution in [0.1, 0.15) is 45.3 Å². The van der Waals surface area contributed by atoms with Gasteiger partial charge in [0.15, 0.2) is 16.6 Å². The largest absolute Gasteiger partial charge is 0.483 e. The van der Waals surface area contributed by atoms with Crippen LogP contribution in [0.2, 0.25) is 0 Å². The third-order valence-corrected chi connectivity index (χ3v) is 5.24. The van der Waals surface area contributed by atoms with E-state index in [0.717, 1.165) is 10.4 Å². The maximum Gasteiger partial charge on any atom is 0.357 e. The van der Waals surface area contributed by atoms with Crippen LogP contribution >= 0.6 is 11.3 Å². The highest BCUT2D eigenvalue weighted by Gasteiger charge is 2.21. The molecule has 1 amide bonds. The molecule has 0 saturated heterocycles. The molecule has 0 unspecified atom stereocenters. The van der Waals surface area contributed by atoms with Gasteiger partial charge >= 0.3 is 5.97 Å². The first-order valence-electron chi connectivity index (χ1n) is 9.66. The van der Waals surface area contributed by atoms with Crippen LogP contribution in [-0.2, 0) is 17.8 Å². The SMILES string of the molecule is COC(=O)c1nc(NC(=O)c2cc(=O)c(OCc3ccccc3)c[nH]2)sc1CC(C)C. The van der Waals surface area contributed by atoms with Gasteiger partial charge in [-0.15, -0.1) is 11.3 Å². The smallest absolute Gasteiger partial charge is 0.357 e. The summed E-state index contributed by atoms with van der Waals surface area (Å²) in [7, 11) is 1.28. The van der Waals surface area contributed by atoms with Gasteiger partial charge < -0.3 is 14.5 Å². The number of ether oxygens (including phenoxy) is 2. The zero-order valence-corrected chi connectivity index (χ0v) is 18.2. The number of methoxy groups -OCH3 is 1. The van der Waals surface area contributed by atoms with Crippen molar-refractivity contribution >= 4 is 28.3 Å². The highest BCUT2D eigenvalue weighted by molar-refractivity contribution is 7.16. The fraction of sp³-hybridized carbons (Fsp3) is 0.273. The van der Waals surface area contributed by atoms with E-state index >= 15 is 0 Å². The van der Waals surface area contributed by atoms with Crippen LogP contribution in [0.4, 0.5) is 5.13 Å². The lowest BCUT2D eigenvalue weighted by Gasteiger charge is -2.07. The number of benzene rings is 1. The summed E-state index contributed by atoms with van der Waals surface area (Å²) in [6.07, 6.45) is 1.98. The van der Waals surface area contributed by atoms with E-state index in [1.807, 2.05) is 44.2 Å². The van der Waals surface area contributed by atoms with Crippen LogP contribution in [-0.4, -0.2) is 29.0 Å². The molecule has 2 aromatic heterocycles. The van der Waals surface area contributed by atoms with Gasteiger partial charge in [-0.25, -0.2) is 9.78 Å². The number of aromatic amines is 1. The number of amides is 1. The summed E-state index contributed by atoms with van der Waals surface area (Å²) in [6, 6.07) is 10.6. The van der Waals surface area contributed by atoms with E-state index in [9.17, 15) is 14.4 Å². The number of carbonyl (C=O) groups is 2. The van der Waals surface area contributed by atoms with Gasteiger partial charge in [-0.05, 0) is 17.9 Å². The van der Waals surface area contributed by atoms with Crippen LogP contribution < -0.4 is 15.5 Å². The Labute approximate surface area is 183 Å². The van der Waals surface area contributed by atoms with Crippen molar-refractivity contribution in [3.05, 3.63) is 74.6 Å². The maximum atomic E-state index is 12.6. The number of anilines is 1. The van der Waals surface area contributed by atoms with Gasteiger partial charge in [-0.3, -0.25) is 14.9 Å². The number of thiazole rings is 1. The van der Waals surface area contributed by atoms with E-state index in [1.165, 1.54) is 30.7 Å². The van der Waals surface area contributed by atoms with Gasteiger partial charge in [0.05, 0.1) is 7.11 Å². The van der Waals surface area contributed by atoms with Crippen molar-refractivity contribution in [2.45, 2.75) is 26.9 Å². The number of hydrogen-bond donors (Lipinski definition) is 2. The molecule has 2 N–H and O–H groups in total. The summed E-state index contributed by atoms with van der Waals surface area (Å²) in [4.78, 5) is 44.6. The van der Waals surface area contributed by atoms with E-state index in [0.29, 0.717) is 12.3 Å². The predicted octanol–water partition coefficient (Wildman–Crippen LogP) is 3.65. The van der Waals surface area contributed by atoms with Crippen molar-refractivity contribution in [3.63, 3.8) is 0 Å². The quantitative estimate of drug-likeness (QED) is 0.516. The number of carbonyl (C=O) groups excluding carboxylic acids is 2. The molecule has 0 atom stereocenters. The summed E-state index contributed by atoms with van der Waals surface area (Å²) in [5.41, 5.74) is 0.743. The second kappa shape index (κ2) is 10.0. The molecular formula is C22H23N3O5S. The first-order chi connectivity index (χ1) is 14.9. The third-order valence-electron chi connectivity index (χ3n) is 4.25. The molecule has 162 valence electrons. The number of aromatic nitrogens is 2. The molecule has 0 radical (unpaired) electrons. The van der Waals surface area contributed by atoms with Gasteiger partial charge in [0.25, 0.3) is 5.91 Å². The molecule has 0 bridgehead atoms. The van der Waals surface area contributed by atoms with Gasteiger partial charge in [0.1, 0.15) is 12.3 Å². The molecule has 0 aliphatic rings. The Balaban J connectivity index is 1.71. The zero-order valence-electron chi connectivity index (χ0n) is 17.4. The maximum absolute atomic E-state index is 12.6. The standard InChI is InChI=1S/C22H23N3O5S/c1-13(2)9-18-19(21(28)29-3)24-22(31-18)25-20(27)15-10-16(26)17(11-23-15)30-12-14-7-5-4-6-8-14/h4-8,10-11,13H,9,12H2,1-3H3,(H,23,26)(H,24,25,27). The van der Waals surface area contributed by atoms with Crippen molar-refractivity contribution < 1.29 is 19.1 Å². The first-order valence-corrected chi connectivity index (χ1v) is 10.5. The van der Waals surface area contributed by atoms with Crippen LogP contribution in [0.25, 0.3) is 0 Å². The Morgan fingerprint density at radius 1 is 1.23 bits per heavy atom. The molecule has 9 heteroatoms. The van der Waals surface area contributed by atoms with E-state index in [-0.39, 0.29) is 28.9 Å². The van der Waals surface area contributed by atoms with Gasteiger partial charge in [0.2, 0.25) is 5.43 Å². The summed E-state index contributed by atoms with van der Waals surface area (Å²) < 4.78 is 10.3. The monoisotopic (exact) mass is 441 g/mol. The summed E-state index contributed by atoms with van der Waals surface area (Å²) in [6.45, 7) is 4.28. The Morgan fingerprint density at radius 2 is 1.97 bits per heavy atom. The van der Waals surface area contributed by atoms with Crippen molar-refractivity contribution in [2.75, 3.05) is 12.4 Å². The molecule has 3 aromatic rings. The minimum atomic E-state index is -0.555. The van der Waals surface area contributed by atoms with Crippen molar-refractivity contribution in [1.82, 2.24) is 9.97 Å². The fourth-order valence-corrected chi connectivity index (χ4v) is 3.93. The molecular weight excluding hydrogens is 418 g/mol. The van der Waals surface area contributed by atoms with Crippen LogP contribution in [0.5, 0.6) is 5.75 Å². The predicted molar refractivity (Wildman–Crippen MR) is 118 cm³/mol. The summed E-state index contributed by atoms with van der Waals surface area (Å²) in [5, 5.41) is 2.88. The minimum Gasteiger partial charge on any atom is -0.483 e. The molecule has 0 saturated carbocycles. The zero-order chi connectivity index (χ0) is 22.4. The number of nitrogens with zero attached hydrogens (tertiary/aromatic N) is 1. The topological polar surface area (TPSA) is 110 Å². The third kappa shape index (κ3) is 5.79. The molecule has 2 heterocycles. The second-order valence-electron chi connectivity index (χ2n) is 7.18. The van der Waals surface area contributed by atoms with E-state index < -0.39 is 17.3 Å². The lowest BCUT2D eigenvalue weighted by Crippen LogP contribution is -2.18. The summed E-state index contributed by atoms with van der Waals surface area (Å²) in [5.74, 6) is -0.692. The fourth-order valence-electron chi connectivity index (χ4n) is 2.77. The number of nitrogens with one attached hydrogen (secondary N) is 2. The lowest BCUT2D eigenvalue weighted by molar-refractivity contribution is 0.0593. The molecule has 0 aliphatic heterocycles. The highest BCUT2D eigenvalue weighted by Crippen LogP contribution is 2.26. The number of esters is 1. The normalized spacial score (nSPS) is 10.7. The minimum absolute atomic E-state index is 0.0530.